The van der Waals surface area contributed by atoms with Crippen molar-refractivity contribution in [2.45, 2.75) is 43.0 Å². The summed E-state index contributed by atoms with van der Waals surface area (Å²) in [6, 6.07) is 4.94. The number of benzene rings is 1. The van der Waals surface area contributed by atoms with E-state index in [1.165, 1.54) is 6.26 Å². The van der Waals surface area contributed by atoms with Gasteiger partial charge in [0.05, 0.1) is 19.5 Å². The third-order valence-electron chi connectivity index (χ3n) is 5.13. The zero-order valence-electron chi connectivity index (χ0n) is 14.7. The maximum atomic E-state index is 12.8. The van der Waals surface area contributed by atoms with E-state index in [0.29, 0.717) is 30.0 Å². The van der Waals surface area contributed by atoms with Crippen LogP contribution in [0.2, 0.25) is 0 Å². The Morgan fingerprint density at radius 3 is 2.04 bits per heavy atom. The average molecular weight is 368 g/mol. The van der Waals surface area contributed by atoms with Crippen molar-refractivity contribution in [3.8, 4) is 11.5 Å². The van der Waals surface area contributed by atoms with Crippen LogP contribution in [-0.4, -0.2) is 57.2 Å². The van der Waals surface area contributed by atoms with Gasteiger partial charge >= 0.3 is 6.03 Å². The molecule has 2 unspecified atom stereocenters. The van der Waals surface area contributed by atoms with Gasteiger partial charge in [0.2, 0.25) is 0 Å². The molecule has 1 aromatic carbocycles. The van der Waals surface area contributed by atoms with Gasteiger partial charge in [-0.3, -0.25) is 0 Å². The van der Waals surface area contributed by atoms with Crippen LogP contribution >= 0.6 is 0 Å². The highest BCUT2D eigenvalue weighted by molar-refractivity contribution is 7.91. The van der Waals surface area contributed by atoms with Crippen LogP contribution in [0.5, 0.6) is 11.5 Å². The summed E-state index contributed by atoms with van der Waals surface area (Å²) in [5.74, 6) is 1.18. The Labute approximate surface area is 148 Å². The minimum absolute atomic E-state index is 0.0222. The van der Waals surface area contributed by atoms with Crippen LogP contribution < -0.4 is 14.8 Å². The van der Waals surface area contributed by atoms with Crippen molar-refractivity contribution in [2.75, 3.05) is 25.8 Å². The lowest BCUT2D eigenvalue weighted by molar-refractivity contribution is 0.160. The predicted molar refractivity (Wildman–Crippen MR) is 95.1 cm³/mol. The van der Waals surface area contributed by atoms with Crippen LogP contribution in [0.15, 0.2) is 18.2 Å². The van der Waals surface area contributed by atoms with Crippen LogP contribution in [0.1, 0.15) is 25.7 Å². The number of hydrogen-bond donors (Lipinski definition) is 1. The number of nitrogens with one attached hydrogen (secondary N) is 1. The Bertz CT molecular complexity index is 728. The molecule has 2 heterocycles. The number of methoxy groups -OCH3 is 2. The van der Waals surface area contributed by atoms with Gasteiger partial charge in [-0.2, -0.15) is 0 Å². The molecule has 1 aromatic rings. The summed E-state index contributed by atoms with van der Waals surface area (Å²) in [5.41, 5.74) is 0.589. The topological polar surface area (TPSA) is 84.9 Å². The molecular weight excluding hydrogens is 344 g/mol. The molecule has 8 heteroatoms. The van der Waals surface area contributed by atoms with E-state index in [1.54, 1.807) is 32.4 Å². The molecule has 2 bridgehead atoms. The zero-order valence-corrected chi connectivity index (χ0v) is 15.5. The van der Waals surface area contributed by atoms with Crippen LogP contribution in [0.25, 0.3) is 0 Å². The fraction of sp³-hybridized carbons (Fsp3) is 0.588. The van der Waals surface area contributed by atoms with E-state index in [9.17, 15) is 13.2 Å². The van der Waals surface area contributed by atoms with Gasteiger partial charge in [-0.15, -0.1) is 0 Å². The number of sulfone groups is 1. The van der Waals surface area contributed by atoms with Crippen molar-refractivity contribution in [2.24, 2.45) is 0 Å². The molecule has 25 heavy (non-hydrogen) atoms. The number of carbonyl (C=O) groups excluding carboxylic acids is 1. The molecule has 3 rings (SSSR count). The second-order valence-electron chi connectivity index (χ2n) is 6.75. The summed E-state index contributed by atoms with van der Waals surface area (Å²) in [4.78, 5) is 14.6. The fourth-order valence-electron chi connectivity index (χ4n) is 3.88. The highest BCUT2D eigenvalue weighted by Crippen LogP contribution is 2.38. The number of ether oxygens (including phenoxy) is 2. The lowest BCUT2D eigenvalue weighted by Crippen LogP contribution is -2.51. The van der Waals surface area contributed by atoms with Crippen molar-refractivity contribution < 1.29 is 22.7 Å². The van der Waals surface area contributed by atoms with Gasteiger partial charge in [0, 0.05) is 42.2 Å². The van der Waals surface area contributed by atoms with Crippen LogP contribution in [0.4, 0.5) is 10.5 Å². The van der Waals surface area contributed by atoms with Crippen LogP contribution in [0.3, 0.4) is 0 Å². The maximum absolute atomic E-state index is 12.8. The van der Waals surface area contributed by atoms with Gasteiger partial charge in [-0.05, 0) is 25.7 Å². The number of nitrogens with zero attached hydrogens (tertiary/aromatic N) is 1. The highest BCUT2D eigenvalue weighted by atomic mass is 32.2. The number of urea groups is 1. The van der Waals surface area contributed by atoms with E-state index in [1.807, 2.05) is 4.90 Å². The summed E-state index contributed by atoms with van der Waals surface area (Å²) < 4.78 is 34.2. The minimum atomic E-state index is -3.07. The predicted octanol–water partition coefficient (Wildman–Crippen LogP) is 2.28. The Balaban J connectivity index is 1.75. The molecule has 0 aliphatic carbocycles. The standard InChI is InChI=1S/C17H24N2O5S/c1-23-14-6-11(7-15(10-14)24-2)18-17(20)19-12-4-5-13(19)9-16(8-12)25(3,21)22/h6-7,10,12-13,16H,4-5,8-9H2,1-3H3,(H,18,20). The van der Waals surface area contributed by atoms with Crippen molar-refractivity contribution in [3.05, 3.63) is 18.2 Å². The van der Waals surface area contributed by atoms with Crippen molar-refractivity contribution in [3.63, 3.8) is 0 Å². The monoisotopic (exact) mass is 368 g/mol. The zero-order chi connectivity index (χ0) is 18.2. The number of hydrogen-bond acceptors (Lipinski definition) is 5. The fourth-order valence-corrected chi connectivity index (χ4v) is 5.02. The first-order chi connectivity index (χ1) is 11.8. The third kappa shape index (κ3) is 3.68. The normalized spacial score (nSPS) is 25.6. The molecule has 2 aliphatic rings. The summed E-state index contributed by atoms with van der Waals surface area (Å²) >= 11 is 0. The number of amides is 2. The van der Waals surface area contributed by atoms with E-state index >= 15 is 0 Å². The molecule has 1 N–H and O–H groups in total. The molecule has 2 saturated heterocycles. The molecule has 0 saturated carbocycles. The number of anilines is 1. The quantitative estimate of drug-likeness (QED) is 0.881. The van der Waals surface area contributed by atoms with Gasteiger partial charge in [-0.25, -0.2) is 13.2 Å². The van der Waals surface area contributed by atoms with E-state index in [0.717, 1.165) is 12.8 Å². The van der Waals surface area contributed by atoms with Gasteiger partial charge in [-0.1, -0.05) is 0 Å². The molecule has 138 valence electrons. The molecule has 2 aliphatic heterocycles. The largest absolute Gasteiger partial charge is 0.497 e. The lowest BCUT2D eigenvalue weighted by atomic mass is 10.0. The molecule has 7 nitrogen and oxygen atoms in total. The number of carbonyl (C=O) groups is 1. The molecule has 2 atom stereocenters. The van der Waals surface area contributed by atoms with E-state index in [2.05, 4.69) is 5.32 Å². The Morgan fingerprint density at radius 1 is 1.08 bits per heavy atom. The Kier molecular flexibility index (Phi) is 4.81. The maximum Gasteiger partial charge on any atom is 0.322 e. The SMILES string of the molecule is COc1cc(NC(=O)N2C3CCC2CC(S(C)(=O)=O)C3)cc(OC)c1. The van der Waals surface area contributed by atoms with Gasteiger partial charge in [0.1, 0.15) is 21.3 Å². The highest BCUT2D eigenvalue weighted by Gasteiger charge is 2.45. The van der Waals surface area contributed by atoms with Crippen molar-refractivity contribution in [1.29, 1.82) is 0 Å². The summed E-state index contributed by atoms with van der Waals surface area (Å²) in [7, 11) is 0.0351. The summed E-state index contributed by atoms with van der Waals surface area (Å²) in [6.45, 7) is 0. The van der Waals surface area contributed by atoms with Crippen LogP contribution in [0, 0.1) is 0 Å². The Morgan fingerprint density at radius 2 is 1.60 bits per heavy atom. The number of fused-ring (bicyclic) bond motifs is 2. The minimum Gasteiger partial charge on any atom is -0.497 e. The Hall–Kier alpha value is -1.96. The first-order valence-corrected chi connectivity index (χ1v) is 10.3. The van der Waals surface area contributed by atoms with E-state index in [-0.39, 0.29) is 23.4 Å². The third-order valence-corrected chi connectivity index (χ3v) is 6.73. The number of rotatable bonds is 4. The van der Waals surface area contributed by atoms with Gasteiger partial charge in [0.15, 0.2) is 0 Å². The average Bonchev–Trinajstić information content (AvgIpc) is 2.83. The summed E-state index contributed by atoms with van der Waals surface area (Å²) in [6.07, 6.45) is 4.03. The molecule has 0 radical (unpaired) electrons. The molecule has 0 aromatic heterocycles. The summed E-state index contributed by atoms with van der Waals surface area (Å²) in [5, 5.41) is 2.55. The molecule has 2 amide bonds. The van der Waals surface area contributed by atoms with Gasteiger partial charge in [0.25, 0.3) is 0 Å². The van der Waals surface area contributed by atoms with Crippen molar-refractivity contribution in [1.82, 2.24) is 4.90 Å². The van der Waals surface area contributed by atoms with E-state index < -0.39 is 9.84 Å². The van der Waals surface area contributed by atoms with E-state index in [4.69, 9.17) is 9.47 Å². The molecule has 0 spiro atoms. The second-order valence-corrected chi connectivity index (χ2v) is 9.07. The first-order valence-electron chi connectivity index (χ1n) is 8.33. The first kappa shape index (κ1) is 17.8. The van der Waals surface area contributed by atoms with Gasteiger partial charge < -0.3 is 19.7 Å². The second kappa shape index (κ2) is 6.74. The lowest BCUT2D eigenvalue weighted by Gasteiger charge is -2.38. The van der Waals surface area contributed by atoms with Crippen molar-refractivity contribution >= 4 is 21.6 Å². The smallest absolute Gasteiger partial charge is 0.322 e. The number of piperidine rings is 1. The molecule has 2 fully saturated rings. The van der Waals surface area contributed by atoms with Crippen LogP contribution in [-0.2, 0) is 9.84 Å². The molecular formula is C17H24N2O5S.